The maximum atomic E-state index is 12.6. The third-order valence-electron chi connectivity index (χ3n) is 4.08. The highest BCUT2D eigenvalue weighted by molar-refractivity contribution is 5.94. The van der Waals surface area contributed by atoms with E-state index in [1.807, 2.05) is 29.2 Å². The Bertz CT molecular complexity index is 456. The van der Waals surface area contributed by atoms with Gasteiger partial charge in [0.15, 0.2) is 0 Å². The van der Waals surface area contributed by atoms with Gasteiger partial charge in [0, 0.05) is 25.8 Å². The predicted octanol–water partition coefficient (Wildman–Crippen LogP) is 3.36. The molecule has 1 fully saturated rings. The van der Waals surface area contributed by atoms with Crippen LogP contribution in [0.3, 0.4) is 0 Å². The monoisotopic (exact) mass is 305 g/mol. The van der Waals surface area contributed by atoms with Crippen LogP contribution < -0.4 is 4.74 Å². The van der Waals surface area contributed by atoms with Crippen LogP contribution in [0.25, 0.3) is 0 Å². The van der Waals surface area contributed by atoms with Gasteiger partial charge in [-0.05, 0) is 49.4 Å². The van der Waals surface area contributed by atoms with Gasteiger partial charge in [0.1, 0.15) is 5.75 Å². The van der Waals surface area contributed by atoms with Crippen molar-refractivity contribution in [3.8, 4) is 5.75 Å². The molecule has 0 spiro atoms. The summed E-state index contributed by atoms with van der Waals surface area (Å²) in [5.74, 6) is 1.40. The first-order valence-electron chi connectivity index (χ1n) is 8.25. The van der Waals surface area contributed by atoms with Crippen molar-refractivity contribution in [2.75, 3.05) is 33.4 Å². The van der Waals surface area contributed by atoms with Crippen molar-refractivity contribution < 1.29 is 14.3 Å². The van der Waals surface area contributed by atoms with Crippen LogP contribution in [0.15, 0.2) is 24.3 Å². The Hall–Kier alpha value is -1.55. The lowest BCUT2D eigenvalue weighted by molar-refractivity contribution is 0.0571. The smallest absolute Gasteiger partial charge is 0.253 e. The lowest BCUT2D eigenvalue weighted by Crippen LogP contribution is -2.41. The van der Waals surface area contributed by atoms with E-state index in [1.165, 1.54) is 0 Å². The minimum absolute atomic E-state index is 0.112. The summed E-state index contributed by atoms with van der Waals surface area (Å²) in [5.41, 5.74) is 0.737. The second kappa shape index (κ2) is 8.79. The molecule has 1 aliphatic rings. The van der Waals surface area contributed by atoms with Crippen molar-refractivity contribution in [1.82, 2.24) is 4.90 Å². The topological polar surface area (TPSA) is 38.8 Å². The minimum atomic E-state index is 0.112. The first kappa shape index (κ1) is 16.8. The number of ether oxygens (including phenoxy) is 2. The number of nitrogens with zero attached hydrogens (tertiary/aromatic N) is 1. The van der Waals surface area contributed by atoms with Crippen LogP contribution in [-0.2, 0) is 4.74 Å². The number of amides is 1. The Morgan fingerprint density at radius 2 is 2.09 bits per heavy atom. The van der Waals surface area contributed by atoms with E-state index in [9.17, 15) is 4.79 Å². The minimum Gasteiger partial charge on any atom is -0.494 e. The highest BCUT2D eigenvalue weighted by Gasteiger charge is 2.24. The number of likely N-dealkylation sites (tertiary alicyclic amines) is 1. The normalized spacial score (nSPS) is 18.3. The second-order valence-electron chi connectivity index (χ2n) is 5.94. The largest absolute Gasteiger partial charge is 0.494 e. The molecular formula is C18H27NO3. The summed E-state index contributed by atoms with van der Waals surface area (Å²) in [6.45, 7) is 5.23. The van der Waals surface area contributed by atoms with Crippen LogP contribution in [0.4, 0.5) is 0 Å². The van der Waals surface area contributed by atoms with Gasteiger partial charge in [-0.1, -0.05) is 13.3 Å². The Kier molecular flexibility index (Phi) is 6.72. The van der Waals surface area contributed by atoms with E-state index in [0.717, 1.165) is 63.3 Å². The average molecular weight is 305 g/mol. The summed E-state index contributed by atoms with van der Waals surface area (Å²) >= 11 is 0. The molecule has 1 aromatic carbocycles. The fourth-order valence-corrected chi connectivity index (χ4v) is 2.83. The first-order valence-corrected chi connectivity index (χ1v) is 8.25. The van der Waals surface area contributed by atoms with Crippen LogP contribution in [-0.4, -0.2) is 44.2 Å². The van der Waals surface area contributed by atoms with Gasteiger partial charge in [-0.3, -0.25) is 4.79 Å². The molecule has 1 atom stereocenters. The van der Waals surface area contributed by atoms with E-state index in [-0.39, 0.29) is 5.91 Å². The molecule has 0 N–H and O–H groups in total. The molecule has 2 rings (SSSR count). The highest BCUT2D eigenvalue weighted by Crippen LogP contribution is 2.20. The molecule has 0 radical (unpaired) electrons. The van der Waals surface area contributed by atoms with Gasteiger partial charge >= 0.3 is 0 Å². The third kappa shape index (κ3) is 4.73. The zero-order valence-corrected chi connectivity index (χ0v) is 13.7. The number of hydrogen-bond acceptors (Lipinski definition) is 3. The molecular weight excluding hydrogens is 278 g/mol. The second-order valence-corrected chi connectivity index (χ2v) is 5.94. The average Bonchev–Trinajstić information content (AvgIpc) is 2.56. The Morgan fingerprint density at radius 3 is 2.77 bits per heavy atom. The van der Waals surface area contributed by atoms with Gasteiger partial charge in [0.05, 0.1) is 13.2 Å². The summed E-state index contributed by atoms with van der Waals surface area (Å²) < 4.78 is 10.9. The van der Waals surface area contributed by atoms with Crippen molar-refractivity contribution >= 4 is 5.91 Å². The SMILES string of the molecule is CCCCOc1ccc(C(=O)N2CCCC(COC)C2)cc1. The van der Waals surface area contributed by atoms with Crippen molar-refractivity contribution in [2.24, 2.45) is 5.92 Å². The van der Waals surface area contributed by atoms with Gasteiger partial charge < -0.3 is 14.4 Å². The first-order chi connectivity index (χ1) is 10.7. The number of rotatable bonds is 7. The number of piperidine rings is 1. The summed E-state index contributed by atoms with van der Waals surface area (Å²) in [4.78, 5) is 14.5. The van der Waals surface area contributed by atoms with Crippen molar-refractivity contribution in [2.45, 2.75) is 32.6 Å². The number of benzene rings is 1. The number of carbonyl (C=O) groups excluding carboxylic acids is 1. The van der Waals surface area contributed by atoms with Crippen molar-refractivity contribution in [3.63, 3.8) is 0 Å². The van der Waals surface area contributed by atoms with Crippen LogP contribution >= 0.6 is 0 Å². The molecule has 4 nitrogen and oxygen atoms in total. The molecule has 0 aromatic heterocycles. The van der Waals surface area contributed by atoms with Gasteiger partial charge in [-0.2, -0.15) is 0 Å². The number of unbranched alkanes of at least 4 members (excludes halogenated alkanes) is 1. The Balaban J connectivity index is 1.91. The van der Waals surface area contributed by atoms with Gasteiger partial charge in [-0.25, -0.2) is 0 Å². The fraction of sp³-hybridized carbons (Fsp3) is 0.611. The third-order valence-corrected chi connectivity index (χ3v) is 4.08. The summed E-state index contributed by atoms with van der Waals surface area (Å²) in [6.07, 6.45) is 4.36. The van der Waals surface area contributed by atoms with E-state index in [1.54, 1.807) is 7.11 Å². The highest BCUT2D eigenvalue weighted by atomic mass is 16.5. The van der Waals surface area contributed by atoms with E-state index in [0.29, 0.717) is 5.92 Å². The van der Waals surface area contributed by atoms with Crippen LogP contribution in [0, 0.1) is 5.92 Å². The lowest BCUT2D eigenvalue weighted by atomic mass is 9.98. The molecule has 0 bridgehead atoms. The van der Waals surface area contributed by atoms with Crippen molar-refractivity contribution in [3.05, 3.63) is 29.8 Å². The molecule has 122 valence electrons. The number of hydrogen-bond donors (Lipinski definition) is 0. The quantitative estimate of drug-likeness (QED) is 0.725. The zero-order valence-electron chi connectivity index (χ0n) is 13.7. The molecule has 1 amide bonds. The Labute approximate surface area is 133 Å². The van der Waals surface area contributed by atoms with E-state index < -0.39 is 0 Å². The molecule has 4 heteroatoms. The molecule has 1 heterocycles. The van der Waals surface area contributed by atoms with Gasteiger partial charge in [0.2, 0.25) is 0 Å². The molecule has 0 saturated carbocycles. The van der Waals surface area contributed by atoms with Crippen LogP contribution in [0.2, 0.25) is 0 Å². The van der Waals surface area contributed by atoms with Crippen molar-refractivity contribution in [1.29, 1.82) is 0 Å². The Morgan fingerprint density at radius 1 is 1.32 bits per heavy atom. The molecule has 22 heavy (non-hydrogen) atoms. The van der Waals surface area contributed by atoms with Gasteiger partial charge in [-0.15, -0.1) is 0 Å². The fourth-order valence-electron chi connectivity index (χ4n) is 2.83. The number of methoxy groups -OCH3 is 1. The molecule has 1 aromatic rings. The molecule has 1 aliphatic heterocycles. The van der Waals surface area contributed by atoms with Crippen LogP contribution in [0.5, 0.6) is 5.75 Å². The van der Waals surface area contributed by atoms with Gasteiger partial charge in [0.25, 0.3) is 5.91 Å². The zero-order chi connectivity index (χ0) is 15.8. The summed E-state index contributed by atoms with van der Waals surface area (Å²) in [7, 11) is 1.72. The lowest BCUT2D eigenvalue weighted by Gasteiger charge is -2.32. The van der Waals surface area contributed by atoms with Crippen LogP contribution in [0.1, 0.15) is 43.0 Å². The molecule has 1 saturated heterocycles. The maximum absolute atomic E-state index is 12.6. The summed E-state index contributed by atoms with van der Waals surface area (Å²) in [6, 6.07) is 7.51. The molecule has 0 aliphatic carbocycles. The molecule has 1 unspecified atom stereocenters. The van der Waals surface area contributed by atoms with E-state index in [4.69, 9.17) is 9.47 Å². The predicted molar refractivity (Wildman–Crippen MR) is 87.3 cm³/mol. The summed E-state index contributed by atoms with van der Waals surface area (Å²) in [5, 5.41) is 0. The number of carbonyl (C=O) groups is 1. The maximum Gasteiger partial charge on any atom is 0.253 e. The van der Waals surface area contributed by atoms with E-state index >= 15 is 0 Å². The van der Waals surface area contributed by atoms with E-state index in [2.05, 4.69) is 6.92 Å². The standard InChI is InChI=1S/C18H27NO3/c1-3-4-12-22-17-9-7-16(8-10-17)18(20)19-11-5-6-15(13-19)14-21-2/h7-10,15H,3-6,11-14H2,1-2H3.